The Bertz CT molecular complexity index is 451. The molecule has 0 aromatic heterocycles. The standard InChI is InChI=1S/C13H16F3NO2S/c1-9(20-2)12(18)17-7-10-4-3-5-11(6-10)19-8-13(14,15)16/h3-6,9H,7-8H2,1-2H3,(H,17,18)/t9-/m1/s1. The zero-order valence-electron chi connectivity index (χ0n) is 11.2. The quantitative estimate of drug-likeness (QED) is 0.878. The van der Waals surface area contributed by atoms with E-state index in [-0.39, 0.29) is 23.5 Å². The summed E-state index contributed by atoms with van der Waals surface area (Å²) >= 11 is 1.42. The van der Waals surface area contributed by atoms with Gasteiger partial charge in [-0.05, 0) is 30.9 Å². The predicted octanol–water partition coefficient (Wildman–Crippen LogP) is 3.00. The van der Waals surface area contributed by atoms with Crippen molar-refractivity contribution in [3.05, 3.63) is 29.8 Å². The summed E-state index contributed by atoms with van der Waals surface area (Å²) in [6.07, 6.45) is -2.53. The lowest BCUT2D eigenvalue weighted by molar-refractivity contribution is -0.153. The van der Waals surface area contributed by atoms with Gasteiger partial charge >= 0.3 is 6.18 Å². The van der Waals surface area contributed by atoms with Crippen LogP contribution in [0.15, 0.2) is 24.3 Å². The maximum absolute atomic E-state index is 12.0. The van der Waals surface area contributed by atoms with Crippen molar-refractivity contribution >= 4 is 17.7 Å². The Morgan fingerprint density at radius 1 is 1.45 bits per heavy atom. The molecule has 0 saturated carbocycles. The van der Waals surface area contributed by atoms with Gasteiger partial charge in [0.15, 0.2) is 6.61 Å². The fraction of sp³-hybridized carbons (Fsp3) is 0.462. The molecule has 0 aliphatic carbocycles. The SMILES string of the molecule is CS[C@H](C)C(=O)NCc1cccc(OCC(F)(F)F)c1. The molecule has 1 amide bonds. The molecule has 0 aliphatic rings. The van der Waals surface area contributed by atoms with Gasteiger partial charge in [-0.25, -0.2) is 0 Å². The molecular formula is C13H16F3NO2S. The number of carbonyl (C=O) groups excluding carboxylic acids is 1. The fourth-order valence-electron chi connectivity index (χ4n) is 1.35. The average molecular weight is 307 g/mol. The van der Waals surface area contributed by atoms with Gasteiger partial charge in [0.1, 0.15) is 5.75 Å². The second kappa shape index (κ2) is 7.42. The van der Waals surface area contributed by atoms with Crippen LogP contribution in [0.3, 0.4) is 0 Å². The highest BCUT2D eigenvalue weighted by atomic mass is 32.2. The Balaban J connectivity index is 2.53. The molecule has 0 bridgehead atoms. The van der Waals surface area contributed by atoms with E-state index < -0.39 is 12.8 Å². The Labute approximate surface area is 119 Å². The molecule has 20 heavy (non-hydrogen) atoms. The van der Waals surface area contributed by atoms with Crippen molar-refractivity contribution in [3.8, 4) is 5.75 Å². The van der Waals surface area contributed by atoms with Crippen molar-refractivity contribution in [2.75, 3.05) is 12.9 Å². The molecule has 0 unspecified atom stereocenters. The Morgan fingerprint density at radius 2 is 2.15 bits per heavy atom. The number of hydrogen-bond donors (Lipinski definition) is 1. The minimum atomic E-state index is -4.36. The van der Waals surface area contributed by atoms with Crippen molar-refractivity contribution in [1.29, 1.82) is 0 Å². The minimum Gasteiger partial charge on any atom is -0.484 e. The number of alkyl halides is 3. The normalized spacial score (nSPS) is 12.8. The lowest BCUT2D eigenvalue weighted by Gasteiger charge is -2.12. The predicted molar refractivity (Wildman–Crippen MR) is 72.8 cm³/mol. The number of amides is 1. The molecular weight excluding hydrogens is 291 g/mol. The molecule has 0 saturated heterocycles. The second-order valence-electron chi connectivity index (χ2n) is 4.15. The highest BCUT2D eigenvalue weighted by Gasteiger charge is 2.28. The molecule has 0 heterocycles. The molecule has 0 radical (unpaired) electrons. The van der Waals surface area contributed by atoms with Crippen LogP contribution in [0.4, 0.5) is 13.2 Å². The van der Waals surface area contributed by atoms with Gasteiger partial charge in [0, 0.05) is 6.54 Å². The van der Waals surface area contributed by atoms with E-state index in [4.69, 9.17) is 0 Å². The zero-order chi connectivity index (χ0) is 15.2. The summed E-state index contributed by atoms with van der Waals surface area (Å²) in [5, 5.41) is 2.54. The highest BCUT2D eigenvalue weighted by molar-refractivity contribution is 7.99. The van der Waals surface area contributed by atoms with E-state index in [1.54, 1.807) is 19.1 Å². The third-order valence-corrected chi connectivity index (χ3v) is 3.41. The lowest BCUT2D eigenvalue weighted by atomic mass is 10.2. The van der Waals surface area contributed by atoms with Crippen molar-refractivity contribution in [3.63, 3.8) is 0 Å². The number of benzene rings is 1. The first kappa shape index (κ1) is 16.7. The van der Waals surface area contributed by atoms with Crippen molar-refractivity contribution in [1.82, 2.24) is 5.32 Å². The summed E-state index contributed by atoms with van der Waals surface area (Å²) in [4.78, 5) is 11.6. The van der Waals surface area contributed by atoms with E-state index in [0.29, 0.717) is 5.56 Å². The molecule has 0 spiro atoms. The highest BCUT2D eigenvalue weighted by Crippen LogP contribution is 2.19. The van der Waals surface area contributed by atoms with Crippen LogP contribution in [-0.2, 0) is 11.3 Å². The van der Waals surface area contributed by atoms with Crippen LogP contribution in [0.2, 0.25) is 0 Å². The zero-order valence-corrected chi connectivity index (χ0v) is 12.0. The minimum absolute atomic E-state index is 0.112. The molecule has 1 N–H and O–H groups in total. The number of thioether (sulfide) groups is 1. The Morgan fingerprint density at radius 3 is 2.75 bits per heavy atom. The summed E-state index contributed by atoms with van der Waals surface area (Å²) in [6, 6.07) is 6.23. The van der Waals surface area contributed by atoms with Crippen molar-refractivity contribution in [2.24, 2.45) is 0 Å². The van der Waals surface area contributed by atoms with Crippen LogP contribution in [0.1, 0.15) is 12.5 Å². The van der Waals surface area contributed by atoms with Gasteiger partial charge in [-0.1, -0.05) is 12.1 Å². The van der Waals surface area contributed by atoms with E-state index in [2.05, 4.69) is 10.1 Å². The lowest BCUT2D eigenvalue weighted by Crippen LogP contribution is -2.30. The summed E-state index contributed by atoms with van der Waals surface area (Å²) < 4.78 is 40.8. The van der Waals surface area contributed by atoms with Crippen LogP contribution in [0.25, 0.3) is 0 Å². The maximum Gasteiger partial charge on any atom is 0.422 e. The largest absolute Gasteiger partial charge is 0.484 e. The fourth-order valence-corrected chi connectivity index (χ4v) is 1.65. The summed E-state index contributed by atoms with van der Waals surface area (Å²) in [5.41, 5.74) is 0.686. The third kappa shape index (κ3) is 6.18. The molecule has 1 aromatic rings. The Kier molecular flexibility index (Phi) is 6.19. The molecule has 3 nitrogen and oxygen atoms in total. The van der Waals surface area contributed by atoms with Crippen LogP contribution in [-0.4, -0.2) is 30.2 Å². The van der Waals surface area contributed by atoms with Crippen molar-refractivity contribution < 1.29 is 22.7 Å². The van der Waals surface area contributed by atoms with Gasteiger partial charge in [-0.15, -0.1) is 0 Å². The first-order valence-electron chi connectivity index (χ1n) is 5.91. The van der Waals surface area contributed by atoms with E-state index >= 15 is 0 Å². The molecule has 0 fully saturated rings. The number of ether oxygens (including phenoxy) is 1. The van der Waals surface area contributed by atoms with E-state index in [1.807, 2.05) is 6.26 Å². The van der Waals surface area contributed by atoms with E-state index in [9.17, 15) is 18.0 Å². The smallest absolute Gasteiger partial charge is 0.422 e. The molecule has 112 valence electrons. The maximum atomic E-state index is 12.0. The van der Waals surface area contributed by atoms with Gasteiger partial charge < -0.3 is 10.1 Å². The summed E-state index contributed by atoms with van der Waals surface area (Å²) in [5.74, 6) is 0.0195. The van der Waals surface area contributed by atoms with Gasteiger partial charge in [0.05, 0.1) is 5.25 Å². The third-order valence-electron chi connectivity index (χ3n) is 2.49. The molecule has 1 atom stereocenters. The van der Waals surface area contributed by atoms with Crippen molar-refractivity contribution in [2.45, 2.75) is 24.9 Å². The summed E-state index contributed by atoms with van der Waals surface area (Å²) in [7, 11) is 0. The van der Waals surface area contributed by atoms with Gasteiger partial charge in [-0.2, -0.15) is 24.9 Å². The number of hydrogen-bond acceptors (Lipinski definition) is 3. The topological polar surface area (TPSA) is 38.3 Å². The van der Waals surface area contributed by atoms with Crippen LogP contribution < -0.4 is 10.1 Å². The monoisotopic (exact) mass is 307 g/mol. The van der Waals surface area contributed by atoms with E-state index in [1.165, 1.54) is 23.9 Å². The first-order chi connectivity index (χ1) is 9.31. The second-order valence-corrected chi connectivity index (χ2v) is 5.33. The molecule has 1 aromatic carbocycles. The van der Waals surface area contributed by atoms with Gasteiger partial charge in [0.25, 0.3) is 0 Å². The number of nitrogens with one attached hydrogen (secondary N) is 1. The number of carbonyl (C=O) groups is 1. The van der Waals surface area contributed by atoms with Crippen LogP contribution in [0, 0.1) is 0 Å². The molecule has 7 heteroatoms. The van der Waals surface area contributed by atoms with Crippen LogP contribution in [0.5, 0.6) is 5.75 Å². The van der Waals surface area contributed by atoms with E-state index in [0.717, 1.165) is 0 Å². The molecule has 1 rings (SSSR count). The Hall–Kier alpha value is -1.37. The average Bonchev–Trinajstić information content (AvgIpc) is 2.41. The first-order valence-corrected chi connectivity index (χ1v) is 7.19. The van der Waals surface area contributed by atoms with Crippen LogP contribution >= 0.6 is 11.8 Å². The van der Waals surface area contributed by atoms with Gasteiger partial charge in [0.2, 0.25) is 5.91 Å². The number of halogens is 3. The van der Waals surface area contributed by atoms with Gasteiger partial charge in [-0.3, -0.25) is 4.79 Å². The summed E-state index contributed by atoms with van der Waals surface area (Å²) in [6.45, 7) is 0.710. The number of rotatable bonds is 6. The molecule has 0 aliphatic heterocycles.